The van der Waals surface area contributed by atoms with E-state index in [2.05, 4.69) is 10.6 Å². The van der Waals surface area contributed by atoms with Crippen LogP contribution in [-0.2, 0) is 4.79 Å². The number of carbonyl (C=O) groups is 1. The van der Waals surface area contributed by atoms with Gasteiger partial charge in [0.2, 0.25) is 5.91 Å². The second kappa shape index (κ2) is 9.87. The van der Waals surface area contributed by atoms with Gasteiger partial charge < -0.3 is 16.4 Å². The van der Waals surface area contributed by atoms with Crippen LogP contribution in [0.2, 0.25) is 0 Å². The fourth-order valence-electron chi connectivity index (χ4n) is 2.49. The molecule has 0 spiro atoms. The van der Waals surface area contributed by atoms with E-state index in [0.717, 1.165) is 44.3 Å². The third-order valence-electron chi connectivity index (χ3n) is 3.69. The van der Waals surface area contributed by atoms with Crippen molar-refractivity contribution >= 4 is 36.4 Å². The van der Waals surface area contributed by atoms with Crippen LogP contribution in [0, 0.1) is 0 Å². The lowest BCUT2D eigenvalue weighted by Crippen LogP contribution is -2.52. The number of carbonyl (C=O) groups excluding carboxylic acids is 1. The van der Waals surface area contributed by atoms with Crippen molar-refractivity contribution in [1.82, 2.24) is 5.32 Å². The van der Waals surface area contributed by atoms with Crippen LogP contribution in [0.4, 0.5) is 5.69 Å². The van der Waals surface area contributed by atoms with Crippen molar-refractivity contribution in [2.45, 2.75) is 37.6 Å². The summed E-state index contributed by atoms with van der Waals surface area (Å²) >= 11 is 0. The van der Waals surface area contributed by atoms with E-state index in [0.29, 0.717) is 6.54 Å². The first-order valence-corrected chi connectivity index (χ1v) is 7.07. The minimum absolute atomic E-state index is 0. The molecule has 1 aromatic rings. The number of rotatable bonds is 6. The summed E-state index contributed by atoms with van der Waals surface area (Å²) in [6.07, 6.45) is 4.68. The average molecular weight is 334 g/mol. The van der Waals surface area contributed by atoms with Crippen molar-refractivity contribution in [2.24, 2.45) is 5.73 Å². The maximum Gasteiger partial charge on any atom is 0.240 e. The lowest BCUT2D eigenvalue weighted by Gasteiger charge is -2.22. The van der Waals surface area contributed by atoms with E-state index in [1.165, 1.54) is 0 Å². The molecule has 1 saturated carbocycles. The van der Waals surface area contributed by atoms with Crippen LogP contribution in [0.15, 0.2) is 30.3 Å². The predicted molar refractivity (Wildman–Crippen MR) is 92.4 cm³/mol. The minimum atomic E-state index is -0.604. The summed E-state index contributed by atoms with van der Waals surface area (Å²) in [6.45, 7) is 1.53. The van der Waals surface area contributed by atoms with Gasteiger partial charge in [0.15, 0.2) is 0 Å². The minimum Gasteiger partial charge on any atom is -0.385 e. The molecule has 1 aliphatic rings. The Labute approximate surface area is 139 Å². The number of anilines is 1. The van der Waals surface area contributed by atoms with E-state index in [9.17, 15) is 4.79 Å². The van der Waals surface area contributed by atoms with Gasteiger partial charge in [0.05, 0.1) is 5.54 Å². The van der Waals surface area contributed by atoms with Gasteiger partial charge in [-0.25, -0.2) is 0 Å². The molecule has 2 rings (SSSR count). The number of amides is 1. The van der Waals surface area contributed by atoms with Crippen LogP contribution in [0.3, 0.4) is 0 Å². The smallest absolute Gasteiger partial charge is 0.240 e. The van der Waals surface area contributed by atoms with E-state index in [-0.39, 0.29) is 30.7 Å². The summed E-state index contributed by atoms with van der Waals surface area (Å²) in [5.41, 5.74) is 6.59. The summed E-state index contributed by atoms with van der Waals surface area (Å²) in [6, 6.07) is 10.1. The molecule has 21 heavy (non-hydrogen) atoms. The highest BCUT2D eigenvalue weighted by molar-refractivity contribution is 5.86. The van der Waals surface area contributed by atoms with Gasteiger partial charge in [0.1, 0.15) is 0 Å². The van der Waals surface area contributed by atoms with Crippen molar-refractivity contribution in [1.29, 1.82) is 0 Å². The van der Waals surface area contributed by atoms with Crippen molar-refractivity contribution in [3.05, 3.63) is 30.3 Å². The first-order chi connectivity index (χ1) is 9.21. The molecule has 0 bridgehead atoms. The first-order valence-electron chi connectivity index (χ1n) is 7.07. The van der Waals surface area contributed by atoms with Gasteiger partial charge in [0.25, 0.3) is 0 Å². The SMILES string of the molecule is Cl.Cl.NC1(C(=O)NCCCNc2ccccc2)CCCC1. The van der Waals surface area contributed by atoms with Crippen LogP contribution in [0.5, 0.6) is 0 Å². The van der Waals surface area contributed by atoms with Gasteiger partial charge in [-0.05, 0) is 31.4 Å². The second-order valence-corrected chi connectivity index (χ2v) is 5.27. The maximum absolute atomic E-state index is 11.9. The molecule has 120 valence electrons. The standard InChI is InChI=1S/C15H23N3O.2ClH/c16-15(9-4-5-10-15)14(19)18-12-6-11-17-13-7-2-1-3-8-13;;/h1-3,7-8,17H,4-6,9-12,16H2,(H,18,19);2*1H. The van der Waals surface area contributed by atoms with E-state index < -0.39 is 5.54 Å². The number of hydrogen-bond acceptors (Lipinski definition) is 3. The van der Waals surface area contributed by atoms with Gasteiger partial charge in [-0.15, -0.1) is 24.8 Å². The largest absolute Gasteiger partial charge is 0.385 e. The maximum atomic E-state index is 11.9. The Morgan fingerprint density at radius 1 is 1.10 bits per heavy atom. The zero-order chi connectivity index (χ0) is 13.6. The third kappa shape index (κ3) is 6.12. The highest BCUT2D eigenvalue weighted by Crippen LogP contribution is 2.27. The Kier molecular flexibility index (Phi) is 9.42. The molecular formula is C15H25Cl2N3O. The third-order valence-corrected chi connectivity index (χ3v) is 3.69. The Morgan fingerprint density at radius 3 is 2.33 bits per heavy atom. The summed E-state index contributed by atoms with van der Waals surface area (Å²) in [7, 11) is 0. The van der Waals surface area contributed by atoms with Crippen LogP contribution in [-0.4, -0.2) is 24.5 Å². The number of para-hydroxylation sites is 1. The Balaban J connectivity index is 0.00000200. The molecule has 0 unspecified atom stereocenters. The summed E-state index contributed by atoms with van der Waals surface area (Å²) in [5.74, 6) is 0.0183. The molecule has 4 N–H and O–H groups in total. The average Bonchev–Trinajstić information content (AvgIpc) is 2.88. The van der Waals surface area contributed by atoms with Gasteiger partial charge in [0, 0.05) is 18.8 Å². The fourth-order valence-corrected chi connectivity index (χ4v) is 2.49. The van der Waals surface area contributed by atoms with E-state index in [1.54, 1.807) is 0 Å². The van der Waals surface area contributed by atoms with Crippen molar-refractivity contribution in [3.63, 3.8) is 0 Å². The van der Waals surface area contributed by atoms with Crippen molar-refractivity contribution in [2.75, 3.05) is 18.4 Å². The van der Waals surface area contributed by atoms with Crippen LogP contribution in [0.25, 0.3) is 0 Å². The molecule has 0 radical (unpaired) electrons. The van der Waals surface area contributed by atoms with Crippen LogP contribution in [0.1, 0.15) is 32.1 Å². The zero-order valence-electron chi connectivity index (χ0n) is 12.1. The molecule has 1 aliphatic carbocycles. The highest BCUT2D eigenvalue weighted by atomic mass is 35.5. The van der Waals surface area contributed by atoms with E-state index in [1.807, 2.05) is 30.3 Å². The number of benzene rings is 1. The lowest BCUT2D eigenvalue weighted by atomic mass is 9.98. The molecule has 4 nitrogen and oxygen atoms in total. The van der Waals surface area contributed by atoms with Gasteiger partial charge in [-0.2, -0.15) is 0 Å². The molecule has 0 saturated heterocycles. The molecule has 1 aromatic carbocycles. The zero-order valence-corrected chi connectivity index (χ0v) is 13.8. The fraction of sp³-hybridized carbons (Fsp3) is 0.533. The molecular weight excluding hydrogens is 309 g/mol. The van der Waals surface area contributed by atoms with Crippen LogP contribution < -0.4 is 16.4 Å². The molecule has 6 heteroatoms. The molecule has 0 heterocycles. The van der Waals surface area contributed by atoms with Gasteiger partial charge in [-0.1, -0.05) is 31.0 Å². The van der Waals surface area contributed by atoms with Gasteiger partial charge in [-0.3, -0.25) is 4.79 Å². The topological polar surface area (TPSA) is 67.2 Å². The number of nitrogens with one attached hydrogen (secondary N) is 2. The quantitative estimate of drug-likeness (QED) is 0.701. The Morgan fingerprint density at radius 2 is 1.71 bits per heavy atom. The molecule has 0 aliphatic heterocycles. The molecule has 1 amide bonds. The first kappa shape index (κ1) is 20.0. The van der Waals surface area contributed by atoms with E-state index in [4.69, 9.17) is 5.73 Å². The monoisotopic (exact) mass is 333 g/mol. The highest BCUT2D eigenvalue weighted by Gasteiger charge is 2.36. The van der Waals surface area contributed by atoms with Gasteiger partial charge >= 0.3 is 0 Å². The second-order valence-electron chi connectivity index (χ2n) is 5.27. The summed E-state index contributed by atoms with van der Waals surface area (Å²) in [5, 5.41) is 6.26. The van der Waals surface area contributed by atoms with Crippen molar-refractivity contribution in [3.8, 4) is 0 Å². The summed E-state index contributed by atoms with van der Waals surface area (Å²) < 4.78 is 0. The lowest BCUT2D eigenvalue weighted by molar-refractivity contribution is -0.126. The number of halogens is 2. The molecule has 0 atom stereocenters. The van der Waals surface area contributed by atoms with E-state index >= 15 is 0 Å². The number of nitrogens with two attached hydrogens (primary N) is 1. The number of hydrogen-bond donors (Lipinski definition) is 3. The van der Waals surface area contributed by atoms with Crippen molar-refractivity contribution < 1.29 is 4.79 Å². The predicted octanol–water partition coefficient (Wildman–Crippen LogP) is 2.72. The Hall–Kier alpha value is -0.970. The summed E-state index contributed by atoms with van der Waals surface area (Å²) in [4.78, 5) is 11.9. The van der Waals surface area contributed by atoms with Crippen LogP contribution >= 0.6 is 24.8 Å². The molecule has 1 fully saturated rings. The normalized spacial score (nSPS) is 15.5. The Bertz CT molecular complexity index is 409. The molecule has 0 aromatic heterocycles.